The van der Waals surface area contributed by atoms with E-state index < -0.39 is 0 Å². The Morgan fingerprint density at radius 2 is 1.65 bits per heavy atom. The first kappa shape index (κ1) is 19.4. The number of carbonyl (C=O) groups is 1. The van der Waals surface area contributed by atoms with Gasteiger partial charge in [-0.1, -0.05) is 0 Å². The summed E-state index contributed by atoms with van der Waals surface area (Å²) in [6, 6.07) is 7.57. The second-order valence-electron chi connectivity index (χ2n) is 7.45. The molecule has 0 bridgehead atoms. The van der Waals surface area contributed by atoms with Gasteiger partial charge in [-0.05, 0) is 18.2 Å². The third-order valence-electron chi connectivity index (χ3n) is 5.55. The quantitative estimate of drug-likeness (QED) is 0.682. The molecule has 10 heteroatoms. The molecule has 0 saturated carbocycles. The lowest BCUT2D eigenvalue weighted by molar-refractivity contribution is 0.122. The first-order valence-corrected chi connectivity index (χ1v) is 10.4. The van der Waals surface area contributed by atoms with E-state index in [0.29, 0.717) is 45.3 Å². The van der Waals surface area contributed by atoms with Crippen LogP contribution in [0.5, 0.6) is 0 Å². The summed E-state index contributed by atoms with van der Waals surface area (Å²) in [7, 11) is 0. The first-order valence-electron chi connectivity index (χ1n) is 10.4. The van der Waals surface area contributed by atoms with Gasteiger partial charge in [-0.15, -0.1) is 0 Å². The Bertz CT molecular complexity index is 1050. The van der Waals surface area contributed by atoms with Crippen molar-refractivity contribution < 1.29 is 9.53 Å². The fourth-order valence-corrected chi connectivity index (χ4v) is 3.90. The molecule has 160 valence electrons. The molecular weight excluding hydrogens is 396 g/mol. The molecule has 3 aromatic heterocycles. The maximum absolute atomic E-state index is 12.6. The van der Waals surface area contributed by atoms with Crippen LogP contribution in [-0.4, -0.2) is 83.3 Å². The lowest BCUT2D eigenvalue weighted by atomic mass is 10.2. The Morgan fingerprint density at radius 3 is 2.42 bits per heavy atom. The zero-order chi connectivity index (χ0) is 21.0. The van der Waals surface area contributed by atoms with Crippen LogP contribution in [0.25, 0.3) is 10.9 Å². The molecule has 10 nitrogen and oxygen atoms in total. The van der Waals surface area contributed by atoms with Gasteiger partial charge in [0.2, 0.25) is 5.95 Å². The van der Waals surface area contributed by atoms with Gasteiger partial charge >= 0.3 is 6.03 Å². The van der Waals surface area contributed by atoms with Crippen LogP contribution in [0, 0.1) is 0 Å². The molecule has 0 aromatic carbocycles. The highest BCUT2D eigenvalue weighted by Gasteiger charge is 2.25. The summed E-state index contributed by atoms with van der Waals surface area (Å²) in [5.41, 5.74) is 0.926. The summed E-state index contributed by atoms with van der Waals surface area (Å²) in [4.78, 5) is 36.5. The Hall–Kier alpha value is -3.53. The van der Waals surface area contributed by atoms with E-state index in [-0.39, 0.29) is 6.03 Å². The van der Waals surface area contributed by atoms with Gasteiger partial charge < -0.3 is 19.4 Å². The number of rotatable bonds is 3. The summed E-state index contributed by atoms with van der Waals surface area (Å²) in [5.74, 6) is 2.15. The van der Waals surface area contributed by atoms with Gasteiger partial charge in [-0.3, -0.25) is 10.3 Å². The highest BCUT2D eigenvalue weighted by Crippen LogP contribution is 2.29. The molecule has 1 N–H and O–H groups in total. The van der Waals surface area contributed by atoms with Crippen LogP contribution in [0.2, 0.25) is 0 Å². The average Bonchev–Trinajstić information content (AvgIpc) is 2.84. The van der Waals surface area contributed by atoms with Crippen LogP contribution in [0.3, 0.4) is 0 Å². The number of anilines is 3. The predicted octanol–water partition coefficient (Wildman–Crippen LogP) is 1.61. The third-order valence-corrected chi connectivity index (χ3v) is 5.55. The molecule has 0 spiro atoms. The van der Waals surface area contributed by atoms with Crippen molar-refractivity contribution in [3.8, 4) is 0 Å². The number of morpholine rings is 1. The highest BCUT2D eigenvalue weighted by atomic mass is 16.5. The number of piperazine rings is 1. The Balaban J connectivity index is 1.33. The number of fused-ring (bicyclic) bond motifs is 1. The van der Waals surface area contributed by atoms with Crippen LogP contribution >= 0.6 is 0 Å². The van der Waals surface area contributed by atoms with E-state index in [1.54, 1.807) is 23.4 Å². The number of carbonyl (C=O) groups excluding carboxylic acids is 1. The number of aromatic nitrogens is 4. The van der Waals surface area contributed by atoms with Crippen molar-refractivity contribution in [2.45, 2.75) is 0 Å². The maximum atomic E-state index is 12.6. The lowest BCUT2D eigenvalue weighted by Crippen LogP contribution is -2.50. The minimum Gasteiger partial charge on any atom is -0.378 e. The van der Waals surface area contributed by atoms with E-state index in [2.05, 4.69) is 36.1 Å². The summed E-state index contributed by atoms with van der Waals surface area (Å²) in [5, 5.41) is 3.77. The molecule has 2 aliphatic rings. The van der Waals surface area contributed by atoms with Crippen molar-refractivity contribution in [1.29, 1.82) is 0 Å². The summed E-state index contributed by atoms with van der Waals surface area (Å²) >= 11 is 0. The monoisotopic (exact) mass is 420 g/mol. The van der Waals surface area contributed by atoms with Gasteiger partial charge in [-0.25, -0.2) is 19.7 Å². The van der Waals surface area contributed by atoms with Crippen molar-refractivity contribution in [2.75, 3.05) is 67.6 Å². The molecule has 0 radical (unpaired) electrons. The SMILES string of the molecule is O=C(Nc1ncccn1)N1CCN(c2nc(N3CCOCC3)cc3ncccc23)CC1. The smallest absolute Gasteiger partial charge is 0.324 e. The number of hydrogen-bond donors (Lipinski definition) is 1. The van der Waals surface area contributed by atoms with Crippen LogP contribution in [-0.2, 0) is 4.74 Å². The molecular formula is C21H24N8O2. The van der Waals surface area contributed by atoms with Gasteiger partial charge in [0, 0.05) is 69.3 Å². The minimum absolute atomic E-state index is 0.188. The fourth-order valence-electron chi connectivity index (χ4n) is 3.90. The number of pyridine rings is 2. The number of hydrogen-bond acceptors (Lipinski definition) is 8. The Morgan fingerprint density at radius 1 is 0.903 bits per heavy atom. The molecule has 2 amide bonds. The van der Waals surface area contributed by atoms with Crippen molar-refractivity contribution in [2.24, 2.45) is 0 Å². The largest absolute Gasteiger partial charge is 0.378 e. The number of urea groups is 1. The molecule has 2 fully saturated rings. The van der Waals surface area contributed by atoms with Crippen LogP contribution < -0.4 is 15.1 Å². The summed E-state index contributed by atoms with van der Waals surface area (Å²) in [6.45, 7) is 5.60. The van der Waals surface area contributed by atoms with E-state index >= 15 is 0 Å². The van der Waals surface area contributed by atoms with Gasteiger partial charge in [0.25, 0.3) is 0 Å². The second kappa shape index (κ2) is 8.68. The molecule has 5 heterocycles. The highest BCUT2D eigenvalue weighted by molar-refractivity contribution is 5.92. The maximum Gasteiger partial charge on any atom is 0.324 e. The zero-order valence-corrected chi connectivity index (χ0v) is 17.1. The third kappa shape index (κ3) is 4.19. The number of nitrogens with zero attached hydrogens (tertiary/aromatic N) is 7. The standard InChI is InChI=1S/C21H24N8O2/c30-21(26-20-23-5-2-6-24-20)29-9-7-28(8-10-29)19-16-3-1-4-22-17(16)15-18(25-19)27-11-13-31-14-12-27/h1-6,15H,7-14H2,(H,23,24,26,30). The van der Waals surface area contributed by atoms with Crippen molar-refractivity contribution in [3.05, 3.63) is 42.9 Å². The zero-order valence-electron chi connectivity index (χ0n) is 17.1. The topological polar surface area (TPSA) is 99.6 Å². The van der Waals surface area contributed by atoms with Gasteiger partial charge in [-0.2, -0.15) is 0 Å². The molecule has 31 heavy (non-hydrogen) atoms. The molecule has 2 aliphatic heterocycles. The van der Waals surface area contributed by atoms with E-state index in [4.69, 9.17) is 9.72 Å². The fraction of sp³-hybridized carbons (Fsp3) is 0.381. The number of amides is 2. The van der Waals surface area contributed by atoms with Crippen molar-refractivity contribution in [3.63, 3.8) is 0 Å². The Kier molecular flexibility index (Phi) is 5.44. The predicted molar refractivity (Wildman–Crippen MR) is 117 cm³/mol. The van der Waals surface area contributed by atoms with Crippen LogP contribution in [0.4, 0.5) is 22.4 Å². The van der Waals surface area contributed by atoms with E-state index in [9.17, 15) is 4.79 Å². The van der Waals surface area contributed by atoms with Crippen LogP contribution in [0.1, 0.15) is 0 Å². The van der Waals surface area contributed by atoms with E-state index in [1.165, 1.54) is 0 Å². The molecule has 2 saturated heterocycles. The number of nitrogens with one attached hydrogen (secondary N) is 1. The molecule has 0 aliphatic carbocycles. The lowest BCUT2D eigenvalue weighted by Gasteiger charge is -2.36. The van der Waals surface area contributed by atoms with Crippen molar-refractivity contribution >= 4 is 34.5 Å². The molecule has 5 rings (SSSR count). The molecule has 0 unspecified atom stereocenters. The van der Waals surface area contributed by atoms with Gasteiger partial charge in [0.15, 0.2) is 0 Å². The normalized spacial score (nSPS) is 17.1. The summed E-state index contributed by atoms with van der Waals surface area (Å²) < 4.78 is 5.48. The average molecular weight is 420 g/mol. The van der Waals surface area contributed by atoms with E-state index in [0.717, 1.165) is 35.6 Å². The van der Waals surface area contributed by atoms with Crippen molar-refractivity contribution in [1.82, 2.24) is 24.8 Å². The minimum atomic E-state index is -0.188. The Labute approximate surface area is 179 Å². The van der Waals surface area contributed by atoms with Gasteiger partial charge in [0.1, 0.15) is 11.6 Å². The molecule has 0 atom stereocenters. The first-order chi connectivity index (χ1) is 15.3. The van der Waals surface area contributed by atoms with Gasteiger partial charge in [0.05, 0.1) is 18.7 Å². The number of ether oxygens (including phenoxy) is 1. The van der Waals surface area contributed by atoms with E-state index in [1.807, 2.05) is 18.3 Å². The molecule has 3 aromatic rings. The summed E-state index contributed by atoms with van der Waals surface area (Å²) in [6.07, 6.45) is 5.02. The van der Waals surface area contributed by atoms with Crippen LogP contribution in [0.15, 0.2) is 42.9 Å². The second-order valence-corrected chi connectivity index (χ2v) is 7.45.